The van der Waals surface area contributed by atoms with E-state index in [1.165, 1.54) is 12.1 Å². The van der Waals surface area contributed by atoms with E-state index in [4.69, 9.17) is 4.74 Å². The van der Waals surface area contributed by atoms with Crippen LogP contribution in [-0.2, 0) is 14.3 Å². The lowest BCUT2D eigenvalue weighted by Gasteiger charge is -2.31. The van der Waals surface area contributed by atoms with Crippen LogP contribution in [0.5, 0.6) is 11.5 Å². The van der Waals surface area contributed by atoms with Crippen LogP contribution >= 0.6 is 12.6 Å². The summed E-state index contributed by atoms with van der Waals surface area (Å²) in [6, 6.07) is 2.44. The van der Waals surface area contributed by atoms with E-state index >= 15 is 0 Å². The van der Waals surface area contributed by atoms with Gasteiger partial charge in [-0.05, 0) is 38.7 Å². The number of amides is 1. The highest BCUT2D eigenvalue weighted by atomic mass is 32.1. The molecular formula is C22H36N2O5S. The Balaban J connectivity index is 3.04. The summed E-state index contributed by atoms with van der Waals surface area (Å²) >= 11 is 4.35. The minimum Gasteiger partial charge on any atom is -0.508 e. The summed E-state index contributed by atoms with van der Waals surface area (Å²) < 4.78 is 5.46. The van der Waals surface area contributed by atoms with Gasteiger partial charge in [0, 0.05) is 23.4 Å². The van der Waals surface area contributed by atoms with Gasteiger partial charge in [0.05, 0.1) is 6.04 Å². The molecule has 0 fully saturated rings. The third-order valence-corrected chi connectivity index (χ3v) is 4.89. The van der Waals surface area contributed by atoms with E-state index in [2.05, 4.69) is 23.3 Å². The average Bonchev–Trinajstić information content (AvgIpc) is 2.59. The molecule has 0 aromatic heterocycles. The number of phenolic OH excluding ortho intramolecular Hbond substituents is 2. The molecule has 0 saturated carbocycles. The molecule has 0 aliphatic carbocycles. The normalized spacial score (nSPS) is 15.0. The van der Waals surface area contributed by atoms with E-state index < -0.39 is 29.7 Å². The molecule has 1 aromatic carbocycles. The van der Waals surface area contributed by atoms with Crippen molar-refractivity contribution < 1.29 is 24.5 Å². The van der Waals surface area contributed by atoms with Gasteiger partial charge in [0.1, 0.15) is 23.1 Å². The summed E-state index contributed by atoms with van der Waals surface area (Å²) in [4.78, 5) is 25.7. The summed E-state index contributed by atoms with van der Waals surface area (Å²) in [6.45, 7) is 12.8. The lowest BCUT2D eigenvalue weighted by molar-refractivity contribution is -0.160. The molecule has 0 radical (unpaired) electrons. The van der Waals surface area contributed by atoms with Crippen LogP contribution in [0.2, 0.25) is 0 Å². The Labute approximate surface area is 185 Å². The summed E-state index contributed by atoms with van der Waals surface area (Å²) in [6.07, 6.45) is 0. The fourth-order valence-corrected chi connectivity index (χ4v) is 3.26. The van der Waals surface area contributed by atoms with Gasteiger partial charge in [-0.3, -0.25) is 10.1 Å². The van der Waals surface area contributed by atoms with Gasteiger partial charge in [-0.15, -0.1) is 0 Å². The summed E-state index contributed by atoms with van der Waals surface area (Å²) in [5.74, 6) is -0.886. The first-order valence-electron chi connectivity index (χ1n) is 10.2. The van der Waals surface area contributed by atoms with Crippen molar-refractivity contribution in [1.82, 2.24) is 10.6 Å². The number of esters is 1. The molecule has 1 rings (SSSR count). The third-order valence-electron chi connectivity index (χ3n) is 4.53. The Bertz CT molecular complexity index is 731. The number of aromatic hydroxyl groups is 2. The van der Waals surface area contributed by atoms with Crippen molar-refractivity contribution in [3.63, 3.8) is 0 Å². The summed E-state index contributed by atoms with van der Waals surface area (Å²) in [5, 5.41) is 25.8. The number of nitrogens with one attached hydrogen (secondary N) is 2. The fraction of sp³-hybridized carbons (Fsp3) is 0.636. The molecule has 3 atom stereocenters. The van der Waals surface area contributed by atoms with E-state index in [1.54, 1.807) is 26.8 Å². The topological polar surface area (TPSA) is 108 Å². The van der Waals surface area contributed by atoms with Crippen LogP contribution in [0, 0.1) is 11.8 Å². The number of benzene rings is 1. The first-order chi connectivity index (χ1) is 13.8. The molecule has 7 nitrogen and oxygen atoms in total. The average molecular weight is 441 g/mol. The van der Waals surface area contributed by atoms with Crippen LogP contribution in [0.3, 0.4) is 0 Å². The van der Waals surface area contributed by atoms with E-state index in [0.717, 1.165) is 0 Å². The van der Waals surface area contributed by atoms with E-state index in [9.17, 15) is 19.8 Å². The molecule has 0 saturated heterocycles. The van der Waals surface area contributed by atoms with Crippen molar-refractivity contribution >= 4 is 24.5 Å². The van der Waals surface area contributed by atoms with Gasteiger partial charge in [-0.25, -0.2) is 4.79 Å². The molecule has 4 N–H and O–H groups in total. The fourth-order valence-electron chi connectivity index (χ4n) is 2.96. The van der Waals surface area contributed by atoms with Gasteiger partial charge >= 0.3 is 5.97 Å². The molecular weight excluding hydrogens is 404 g/mol. The zero-order chi connectivity index (χ0) is 23.2. The second-order valence-corrected chi connectivity index (χ2v) is 9.50. The molecule has 0 aliphatic rings. The van der Waals surface area contributed by atoms with E-state index in [0.29, 0.717) is 11.3 Å². The van der Waals surface area contributed by atoms with Crippen LogP contribution in [0.4, 0.5) is 0 Å². The highest BCUT2D eigenvalue weighted by Gasteiger charge is 2.33. The monoisotopic (exact) mass is 440 g/mol. The second-order valence-electron chi connectivity index (χ2n) is 9.13. The number of phenols is 2. The van der Waals surface area contributed by atoms with Crippen molar-refractivity contribution in [2.45, 2.75) is 72.2 Å². The Morgan fingerprint density at radius 2 is 1.63 bits per heavy atom. The van der Waals surface area contributed by atoms with Gasteiger partial charge in [0.15, 0.2) is 0 Å². The van der Waals surface area contributed by atoms with Gasteiger partial charge in [-0.1, -0.05) is 33.8 Å². The second kappa shape index (κ2) is 10.9. The predicted molar refractivity (Wildman–Crippen MR) is 121 cm³/mol. The molecule has 1 amide bonds. The number of thiol groups is 1. The van der Waals surface area contributed by atoms with Gasteiger partial charge in [0.25, 0.3) is 0 Å². The van der Waals surface area contributed by atoms with Gasteiger partial charge in [-0.2, -0.15) is 12.6 Å². The minimum atomic E-state index is -0.781. The quantitative estimate of drug-likeness (QED) is 0.298. The van der Waals surface area contributed by atoms with E-state index in [1.807, 2.05) is 27.7 Å². The van der Waals surface area contributed by atoms with Crippen molar-refractivity contribution in [3.05, 3.63) is 23.8 Å². The number of carbonyl (C=O) groups is 2. The zero-order valence-electron chi connectivity index (χ0n) is 18.9. The van der Waals surface area contributed by atoms with Crippen molar-refractivity contribution in [2.24, 2.45) is 11.8 Å². The third kappa shape index (κ3) is 7.72. The van der Waals surface area contributed by atoms with Crippen molar-refractivity contribution in [3.8, 4) is 11.5 Å². The molecule has 0 bridgehead atoms. The Morgan fingerprint density at radius 3 is 2.07 bits per heavy atom. The molecule has 0 aliphatic heterocycles. The number of ether oxygens (including phenoxy) is 1. The zero-order valence-corrected chi connectivity index (χ0v) is 19.8. The minimum absolute atomic E-state index is 0.0514. The summed E-state index contributed by atoms with van der Waals surface area (Å²) in [7, 11) is 0. The number of rotatable bonds is 9. The molecule has 3 unspecified atom stereocenters. The molecule has 30 heavy (non-hydrogen) atoms. The van der Waals surface area contributed by atoms with Crippen molar-refractivity contribution in [2.75, 3.05) is 5.75 Å². The molecule has 8 heteroatoms. The maximum atomic E-state index is 13.1. The smallest absolute Gasteiger partial charge is 0.329 e. The maximum Gasteiger partial charge on any atom is 0.329 e. The number of hydrogen-bond acceptors (Lipinski definition) is 7. The Morgan fingerprint density at radius 1 is 1.07 bits per heavy atom. The molecule has 1 aromatic rings. The first kappa shape index (κ1) is 26.1. The Hall–Kier alpha value is -1.93. The maximum absolute atomic E-state index is 13.1. The van der Waals surface area contributed by atoms with Crippen LogP contribution < -0.4 is 10.6 Å². The molecule has 170 valence electrons. The van der Waals surface area contributed by atoms with Gasteiger partial charge < -0.3 is 20.3 Å². The number of hydrogen-bond donors (Lipinski definition) is 5. The van der Waals surface area contributed by atoms with Crippen LogP contribution in [0.1, 0.15) is 60.1 Å². The highest BCUT2D eigenvalue weighted by molar-refractivity contribution is 7.80. The predicted octanol–water partition coefficient (Wildman–Crippen LogP) is 3.17. The van der Waals surface area contributed by atoms with Crippen LogP contribution in [-0.4, -0.2) is 45.5 Å². The SMILES string of the molecule is CC(C)C(NC(CS)c1ccc(O)cc1O)C(=O)NC(C(=O)OC(C)(C)C)C(C)C. The van der Waals surface area contributed by atoms with Crippen molar-refractivity contribution in [1.29, 1.82) is 0 Å². The Kier molecular flexibility index (Phi) is 9.49. The van der Waals surface area contributed by atoms with Crippen LogP contribution in [0.15, 0.2) is 18.2 Å². The standard InChI is InChI=1S/C22H36N2O5S/c1-12(2)18(23-16(11-30)15-9-8-14(25)10-17(15)26)20(27)24-19(13(3)4)21(28)29-22(5,6)7/h8-10,12-13,16,18-19,23,25-26,30H,11H2,1-7H3,(H,24,27). The largest absolute Gasteiger partial charge is 0.508 e. The highest BCUT2D eigenvalue weighted by Crippen LogP contribution is 2.29. The van der Waals surface area contributed by atoms with E-state index in [-0.39, 0.29) is 29.2 Å². The summed E-state index contributed by atoms with van der Waals surface area (Å²) in [5.41, 5.74) is -0.133. The first-order valence-corrected chi connectivity index (χ1v) is 10.8. The number of carbonyl (C=O) groups excluding carboxylic acids is 2. The lowest BCUT2D eigenvalue weighted by atomic mass is 9.98. The molecule has 0 heterocycles. The van der Waals surface area contributed by atoms with Gasteiger partial charge in [0.2, 0.25) is 5.91 Å². The molecule has 0 spiro atoms. The lowest BCUT2D eigenvalue weighted by Crippen LogP contribution is -2.55. The van der Waals surface area contributed by atoms with Crippen LogP contribution in [0.25, 0.3) is 0 Å².